The summed E-state index contributed by atoms with van der Waals surface area (Å²) in [5.41, 5.74) is 0.318. The molecule has 1 aromatic heterocycles. The molecule has 4 nitrogen and oxygen atoms in total. The zero-order chi connectivity index (χ0) is 13.1. The molecule has 2 aliphatic rings. The van der Waals surface area contributed by atoms with Gasteiger partial charge in [0, 0.05) is 24.1 Å². The number of thiophene rings is 1. The van der Waals surface area contributed by atoms with Crippen molar-refractivity contribution < 1.29 is 9.53 Å². The molecule has 2 fully saturated rings. The van der Waals surface area contributed by atoms with E-state index in [1.165, 1.54) is 11.3 Å². The van der Waals surface area contributed by atoms with Crippen LogP contribution in [0.5, 0.6) is 0 Å². The third kappa shape index (κ3) is 2.77. The van der Waals surface area contributed by atoms with E-state index in [1.807, 2.05) is 17.5 Å². The topological polar surface area (TPSA) is 50.4 Å². The number of hydrogen-bond acceptors (Lipinski definition) is 3. The van der Waals surface area contributed by atoms with Crippen molar-refractivity contribution >= 4 is 17.4 Å². The average Bonchev–Trinajstić information content (AvgIpc) is 2.95. The molecule has 5 heteroatoms. The molecule has 1 aliphatic heterocycles. The molecule has 1 unspecified atom stereocenters. The van der Waals surface area contributed by atoms with Crippen molar-refractivity contribution in [1.82, 2.24) is 10.6 Å². The summed E-state index contributed by atoms with van der Waals surface area (Å²) >= 11 is 1.67. The van der Waals surface area contributed by atoms with Crippen molar-refractivity contribution in [2.75, 3.05) is 13.2 Å². The number of urea groups is 1. The smallest absolute Gasteiger partial charge is 0.315 e. The third-order valence-corrected chi connectivity index (χ3v) is 5.34. The number of carbonyl (C=O) groups is 1. The highest BCUT2D eigenvalue weighted by Gasteiger charge is 2.47. The molecule has 0 radical (unpaired) electrons. The first-order chi connectivity index (χ1) is 9.28. The first kappa shape index (κ1) is 12.9. The molecule has 2 amide bonds. The number of rotatable bonds is 3. The van der Waals surface area contributed by atoms with Crippen LogP contribution in [0.3, 0.4) is 0 Å². The normalized spacial score (nSPS) is 24.7. The Morgan fingerprint density at radius 1 is 1.42 bits per heavy atom. The van der Waals surface area contributed by atoms with Gasteiger partial charge in [-0.2, -0.15) is 0 Å². The van der Waals surface area contributed by atoms with E-state index in [1.54, 1.807) is 11.3 Å². The molecule has 2 N–H and O–H groups in total. The van der Waals surface area contributed by atoms with Gasteiger partial charge in [-0.05, 0) is 42.5 Å². The zero-order valence-electron chi connectivity index (χ0n) is 11.0. The van der Waals surface area contributed by atoms with Crippen molar-refractivity contribution in [3.8, 4) is 0 Å². The van der Waals surface area contributed by atoms with Gasteiger partial charge >= 0.3 is 6.03 Å². The summed E-state index contributed by atoms with van der Waals surface area (Å²) in [6, 6.07) is 4.33. The van der Waals surface area contributed by atoms with E-state index in [4.69, 9.17) is 4.74 Å². The monoisotopic (exact) mass is 280 g/mol. The zero-order valence-corrected chi connectivity index (χ0v) is 11.8. The summed E-state index contributed by atoms with van der Waals surface area (Å²) in [5, 5.41) is 8.10. The van der Waals surface area contributed by atoms with Gasteiger partial charge in [-0.15, -0.1) is 11.3 Å². The van der Waals surface area contributed by atoms with Gasteiger partial charge in [0.05, 0.1) is 6.54 Å². The third-order valence-electron chi connectivity index (χ3n) is 4.47. The lowest BCUT2D eigenvalue weighted by Crippen LogP contribution is -2.58. The Labute approximate surface area is 117 Å². The number of ether oxygens (including phenoxy) is 1. The first-order valence-corrected chi connectivity index (χ1v) is 7.81. The standard InChI is InChI=1S/C14H20N2O2S/c17-13(15-10-11-2-1-9-19-11)16-12-3-4-14(12)5-7-18-8-6-14/h1-2,9,12H,3-8,10H2,(H2,15,16,17). The predicted octanol–water partition coefficient (Wildman–Crippen LogP) is 2.51. The summed E-state index contributed by atoms with van der Waals surface area (Å²) in [6.07, 6.45) is 4.50. The van der Waals surface area contributed by atoms with E-state index in [-0.39, 0.29) is 6.03 Å². The molecule has 1 aliphatic carbocycles. The maximum atomic E-state index is 11.9. The second-order valence-corrected chi connectivity index (χ2v) is 6.50. The van der Waals surface area contributed by atoms with Gasteiger partial charge in [0.25, 0.3) is 0 Å². The summed E-state index contributed by atoms with van der Waals surface area (Å²) in [7, 11) is 0. The SMILES string of the molecule is O=C(NCc1cccs1)NC1CCC12CCOCC2. The Balaban J connectivity index is 1.47. The summed E-state index contributed by atoms with van der Waals surface area (Å²) in [4.78, 5) is 13.1. The number of nitrogens with one attached hydrogen (secondary N) is 2. The van der Waals surface area contributed by atoms with Crippen molar-refractivity contribution in [2.45, 2.75) is 38.3 Å². The van der Waals surface area contributed by atoms with Crippen LogP contribution in [0.15, 0.2) is 17.5 Å². The summed E-state index contributed by atoms with van der Waals surface area (Å²) in [6.45, 7) is 2.30. The van der Waals surface area contributed by atoms with Crippen molar-refractivity contribution in [1.29, 1.82) is 0 Å². The molecule has 0 bridgehead atoms. The van der Waals surface area contributed by atoms with Gasteiger partial charge in [-0.3, -0.25) is 0 Å². The Bertz CT molecular complexity index is 427. The van der Waals surface area contributed by atoms with E-state index < -0.39 is 0 Å². The lowest BCUT2D eigenvalue weighted by Gasteiger charge is -2.51. The van der Waals surface area contributed by atoms with Crippen molar-refractivity contribution in [3.63, 3.8) is 0 Å². The van der Waals surface area contributed by atoms with E-state index >= 15 is 0 Å². The Hall–Kier alpha value is -1.07. The molecule has 1 aromatic rings. The Kier molecular flexibility index (Phi) is 3.75. The minimum absolute atomic E-state index is 0.0380. The van der Waals surface area contributed by atoms with E-state index in [2.05, 4.69) is 10.6 Å². The Morgan fingerprint density at radius 2 is 2.26 bits per heavy atom. The fourth-order valence-electron chi connectivity index (χ4n) is 3.09. The molecule has 1 saturated carbocycles. The van der Waals surface area contributed by atoms with Crippen LogP contribution in [0.1, 0.15) is 30.6 Å². The molecule has 2 heterocycles. The Morgan fingerprint density at radius 3 is 2.89 bits per heavy atom. The minimum atomic E-state index is -0.0380. The fourth-order valence-corrected chi connectivity index (χ4v) is 3.73. The van der Waals surface area contributed by atoms with Crippen LogP contribution >= 0.6 is 11.3 Å². The van der Waals surface area contributed by atoms with Gasteiger partial charge in [0.15, 0.2) is 0 Å². The van der Waals surface area contributed by atoms with Crippen LogP contribution in [0.2, 0.25) is 0 Å². The molecule has 0 aromatic carbocycles. The lowest BCUT2D eigenvalue weighted by molar-refractivity contribution is -0.0511. The number of carbonyl (C=O) groups excluding carboxylic acids is 1. The number of hydrogen-bond donors (Lipinski definition) is 2. The molecule has 19 heavy (non-hydrogen) atoms. The van der Waals surface area contributed by atoms with Gasteiger partial charge < -0.3 is 15.4 Å². The van der Waals surface area contributed by atoms with Gasteiger partial charge in [-0.1, -0.05) is 6.07 Å². The summed E-state index contributed by atoms with van der Waals surface area (Å²) < 4.78 is 5.42. The first-order valence-electron chi connectivity index (χ1n) is 6.93. The highest BCUT2D eigenvalue weighted by atomic mass is 32.1. The van der Waals surface area contributed by atoms with Gasteiger partial charge in [-0.25, -0.2) is 4.79 Å². The highest BCUT2D eigenvalue weighted by Crippen LogP contribution is 2.48. The molecule has 3 rings (SSSR count). The lowest BCUT2D eigenvalue weighted by atomic mass is 9.60. The predicted molar refractivity (Wildman–Crippen MR) is 75.2 cm³/mol. The van der Waals surface area contributed by atoms with Crippen molar-refractivity contribution in [2.24, 2.45) is 5.41 Å². The molecule has 104 valence electrons. The maximum absolute atomic E-state index is 11.9. The van der Waals surface area contributed by atoms with Crippen LogP contribution in [0.25, 0.3) is 0 Å². The average molecular weight is 280 g/mol. The highest BCUT2D eigenvalue weighted by molar-refractivity contribution is 7.09. The van der Waals surface area contributed by atoms with E-state index in [9.17, 15) is 4.79 Å². The van der Waals surface area contributed by atoms with Crippen LogP contribution in [-0.4, -0.2) is 25.3 Å². The minimum Gasteiger partial charge on any atom is -0.381 e. The van der Waals surface area contributed by atoms with Gasteiger partial charge in [0.2, 0.25) is 0 Å². The number of amides is 2. The molecule has 1 atom stereocenters. The van der Waals surface area contributed by atoms with Crippen LogP contribution in [-0.2, 0) is 11.3 Å². The quantitative estimate of drug-likeness (QED) is 0.894. The molecule has 1 spiro atoms. The molecular formula is C14H20N2O2S. The van der Waals surface area contributed by atoms with E-state index in [0.29, 0.717) is 18.0 Å². The maximum Gasteiger partial charge on any atom is 0.315 e. The largest absolute Gasteiger partial charge is 0.381 e. The summed E-state index contributed by atoms with van der Waals surface area (Å²) in [5.74, 6) is 0. The van der Waals surface area contributed by atoms with Crippen LogP contribution < -0.4 is 10.6 Å². The second kappa shape index (κ2) is 5.51. The second-order valence-electron chi connectivity index (χ2n) is 5.47. The van der Waals surface area contributed by atoms with Gasteiger partial charge in [0.1, 0.15) is 0 Å². The molecular weight excluding hydrogens is 260 g/mol. The van der Waals surface area contributed by atoms with Crippen LogP contribution in [0, 0.1) is 5.41 Å². The van der Waals surface area contributed by atoms with Crippen LogP contribution in [0.4, 0.5) is 4.79 Å². The fraction of sp³-hybridized carbons (Fsp3) is 0.643. The molecule has 1 saturated heterocycles. The van der Waals surface area contributed by atoms with E-state index in [0.717, 1.165) is 32.5 Å². The van der Waals surface area contributed by atoms with Crippen molar-refractivity contribution in [3.05, 3.63) is 22.4 Å².